The number of hydrogen-bond donors (Lipinski definition) is 3. The smallest absolute Gasteiger partial charge is 0.330 e. The van der Waals surface area contributed by atoms with Gasteiger partial charge in [0.15, 0.2) is 12.4 Å². The summed E-state index contributed by atoms with van der Waals surface area (Å²) in [7, 11) is 1.20. The zero-order chi connectivity index (χ0) is 33.5. The lowest BCUT2D eigenvalue weighted by atomic mass is 9.74. The Bertz CT molecular complexity index is 1120. The van der Waals surface area contributed by atoms with Crippen molar-refractivity contribution in [1.29, 1.82) is 0 Å². The van der Waals surface area contributed by atoms with E-state index in [2.05, 4.69) is 0 Å². The normalized spacial score (nSPS) is 39.0. The molecular formula is C33H50O13. The van der Waals surface area contributed by atoms with E-state index in [0.717, 1.165) is 25.3 Å². The molecule has 46 heavy (non-hydrogen) atoms. The molecule has 3 fully saturated rings. The number of aliphatic hydroxyl groups is 3. The summed E-state index contributed by atoms with van der Waals surface area (Å²) >= 11 is 0. The standard InChI is InChI=1S/C33H50O13/c1-5-27(36)45-31-20(14-28(37)40-4)13-25-18-26(19-34)43-29(38)16-21(35)15-22-7-6-8-23(42-22)17-24-10-12-41-30(44-24)9-11-32(2,3)33(31,39)46-25/h9,11,14,21-26,30-31,34-35,39H,5-8,10,12-13,15-19H2,1-4H3/b11-9+,20-14+/t21-,22+,23-,24+,25?,26-,30+,31+,33-/m1/s1. The van der Waals surface area contributed by atoms with E-state index in [1.165, 1.54) is 7.11 Å². The second kappa shape index (κ2) is 16.1. The van der Waals surface area contributed by atoms with Crippen molar-refractivity contribution in [1.82, 2.24) is 0 Å². The minimum Gasteiger partial charge on any atom is -0.466 e. The lowest BCUT2D eigenvalue weighted by Gasteiger charge is -2.51. The summed E-state index contributed by atoms with van der Waals surface area (Å²) in [5.74, 6) is -4.30. The number of cyclic esters (lactones) is 1. The molecule has 0 spiro atoms. The molecule has 4 aliphatic heterocycles. The SMILES string of the molecule is CCC(=O)O[C@H]1/C(=C/C(=O)OC)CC2C[C@H](CO)OC(=O)C[C@H](O)C[C@@H]3CCC[C@H](C[C@@H]4CCO[C@H](/C=C/C(C)(C)[C@]1(O)O2)O4)O3. The van der Waals surface area contributed by atoms with Crippen LogP contribution in [0.3, 0.4) is 0 Å². The van der Waals surface area contributed by atoms with Crippen molar-refractivity contribution in [2.75, 3.05) is 20.3 Å². The molecule has 0 amide bonds. The highest BCUT2D eigenvalue weighted by molar-refractivity contribution is 5.83. The second-order valence-electron chi connectivity index (χ2n) is 13.1. The largest absolute Gasteiger partial charge is 0.466 e. The minimum absolute atomic E-state index is 0.00275. The van der Waals surface area contributed by atoms with Crippen LogP contribution in [0.2, 0.25) is 0 Å². The first kappa shape index (κ1) is 36.4. The van der Waals surface area contributed by atoms with Gasteiger partial charge in [-0.25, -0.2) is 4.79 Å². The van der Waals surface area contributed by atoms with Gasteiger partial charge in [-0.1, -0.05) is 26.8 Å². The van der Waals surface area contributed by atoms with Crippen LogP contribution in [0, 0.1) is 5.41 Å². The third-order valence-corrected chi connectivity index (χ3v) is 9.11. The number of ether oxygens (including phenoxy) is 7. The van der Waals surface area contributed by atoms with Crippen molar-refractivity contribution in [2.24, 2.45) is 5.41 Å². The quantitative estimate of drug-likeness (QED) is 0.174. The van der Waals surface area contributed by atoms with E-state index < -0.39 is 66.4 Å². The topological polar surface area (TPSA) is 177 Å². The molecular weight excluding hydrogens is 604 g/mol. The molecule has 3 saturated heterocycles. The first-order valence-corrected chi connectivity index (χ1v) is 16.3. The maximum Gasteiger partial charge on any atom is 0.330 e. The molecule has 0 aromatic rings. The highest BCUT2D eigenvalue weighted by Crippen LogP contribution is 2.47. The van der Waals surface area contributed by atoms with Crippen LogP contribution in [0.4, 0.5) is 0 Å². The van der Waals surface area contributed by atoms with E-state index in [0.29, 0.717) is 19.4 Å². The fourth-order valence-corrected chi connectivity index (χ4v) is 6.53. The van der Waals surface area contributed by atoms with Crippen LogP contribution in [-0.2, 0) is 47.5 Å². The Morgan fingerprint density at radius 2 is 1.76 bits per heavy atom. The Hall–Kier alpha value is -2.39. The molecule has 6 bridgehead atoms. The zero-order valence-electron chi connectivity index (χ0n) is 27.3. The van der Waals surface area contributed by atoms with E-state index in [1.54, 1.807) is 32.9 Å². The van der Waals surface area contributed by atoms with E-state index in [9.17, 15) is 29.7 Å². The predicted octanol–water partition coefficient (Wildman–Crippen LogP) is 2.38. The van der Waals surface area contributed by atoms with Gasteiger partial charge >= 0.3 is 17.9 Å². The molecule has 0 aliphatic carbocycles. The molecule has 4 rings (SSSR count). The molecule has 260 valence electrons. The molecule has 9 atom stereocenters. The third-order valence-electron chi connectivity index (χ3n) is 9.11. The molecule has 4 aliphatic rings. The predicted molar refractivity (Wildman–Crippen MR) is 161 cm³/mol. The molecule has 0 saturated carbocycles. The summed E-state index contributed by atoms with van der Waals surface area (Å²) in [5.41, 5.74) is -1.05. The Kier molecular flexibility index (Phi) is 12.8. The molecule has 13 nitrogen and oxygen atoms in total. The van der Waals surface area contributed by atoms with E-state index >= 15 is 0 Å². The molecule has 13 heteroatoms. The lowest BCUT2D eigenvalue weighted by molar-refractivity contribution is -0.327. The van der Waals surface area contributed by atoms with Crippen molar-refractivity contribution in [3.05, 3.63) is 23.8 Å². The second-order valence-corrected chi connectivity index (χ2v) is 13.1. The van der Waals surface area contributed by atoms with Gasteiger partial charge in [0.25, 0.3) is 0 Å². The average Bonchev–Trinajstić information content (AvgIpc) is 3.01. The molecule has 3 N–H and O–H groups in total. The number of carbonyl (C=O) groups excluding carboxylic acids is 3. The monoisotopic (exact) mass is 654 g/mol. The summed E-state index contributed by atoms with van der Waals surface area (Å²) in [6.45, 7) is 4.86. The Balaban J connectivity index is 1.71. The van der Waals surface area contributed by atoms with Gasteiger partial charge in [0, 0.05) is 30.8 Å². The summed E-state index contributed by atoms with van der Waals surface area (Å²) in [5, 5.41) is 33.2. The fourth-order valence-electron chi connectivity index (χ4n) is 6.53. The Labute approximate surface area is 270 Å². The van der Waals surface area contributed by atoms with Crippen LogP contribution in [-0.4, -0.2) is 108 Å². The van der Waals surface area contributed by atoms with Crippen LogP contribution in [0.5, 0.6) is 0 Å². The van der Waals surface area contributed by atoms with Gasteiger partial charge in [-0.05, 0) is 50.2 Å². The van der Waals surface area contributed by atoms with Crippen molar-refractivity contribution in [2.45, 2.75) is 140 Å². The molecule has 0 radical (unpaired) electrons. The highest BCUT2D eigenvalue weighted by Gasteiger charge is 2.57. The Morgan fingerprint density at radius 3 is 2.46 bits per heavy atom. The minimum atomic E-state index is -2.24. The van der Waals surface area contributed by atoms with E-state index in [4.69, 9.17) is 33.2 Å². The zero-order valence-corrected chi connectivity index (χ0v) is 27.3. The van der Waals surface area contributed by atoms with Gasteiger partial charge in [-0.15, -0.1) is 0 Å². The van der Waals surface area contributed by atoms with Crippen molar-refractivity contribution >= 4 is 17.9 Å². The molecule has 0 aromatic carbocycles. The van der Waals surface area contributed by atoms with Gasteiger partial charge < -0.3 is 48.5 Å². The third kappa shape index (κ3) is 9.36. The van der Waals surface area contributed by atoms with Crippen LogP contribution in [0.15, 0.2) is 23.8 Å². The molecule has 1 unspecified atom stereocenters. The van der Waals surface area contributed by atoms with Crippen molar-refractivity contribution < 1.29 is 62.9 Å². The van der Waals surface area contributed by atoms with Crippen LogP contribution < -0.4 is 0 Å². The number of hydrogen-bond acceptors (Lipinski definition) is 13. The summed E-state index contributed by atoms with van der Waals surface area (Å²) in [4.78, 5) is 37.9. The molecule has 0 aromatic heterocycles. The Morgan fingerprint density at radius 1 is 1.04 bits per heavy atom. The maximum absolute atomic E-state index is 12.8. The summed E-state index contributed by atoms with van der Waals surface area (Å²) in [6.07, 6.45) is 2.73. The number of fused-ring (bicyclic) bond motifs is 6. The van der Waals surface area contributed by atoms with Crippen LogP contribution in [0.1, 0.15) is 85.0 Å². The van der Waals surface area contributed by atoms with Gasteiger partial charge in [0.2, 0.25) is 5.79 Å². The summed E-state index contributed by atoms with van der Waals surface area (Å²) < 4.78 is 40.8. The van der Waals surface area contributed by atoms with Crippen LogP contribution >= 0.6 is 0 Å². The first-order chi connectivity index (χ1) is 21.8. The summed E-state index contributed by atoms with van der Waals surface area (Å²) in [6, 6.07) is 0. The number of rotatable bonds is 4. The lowest BCUT2D eigenvalue weighted by Crippen LogP contribution is -2.62. The number of esters is 3. The first-order valence-electron chi connectivity index (χ1n) is 16.3. The maximum atomic E-state index is 12.8. The highest BCUT2D eigenvalue weighted by atomic mass is 16.7. The van der Waals surface area contributed by atoms with Gasteiger partial charge in [-0.2, -0.15) is 0 Å². The van der Waals surface area contributed by atoms with Gasteiger partial charge in [0.1, 0.15) is 6.10 Å². The average molecular weight is 655 g/mol. The number of carbonyl (C=O) groups is 3. The van der Waals surface area contributed by atoms with E-state index in [-0.39, 0.29) is 56.0 Å². The van der Waals surface area contributed by atoms with Crippen LogP contribution in [0.25, 0.3) is 0 Å². The van der Waals surface area contributed by atoms with Gasteiger partial charge in [0.05, 0.1) is 57.3 Å². The van der Waals surface area contributed by atoms with E-state index in [1.807, 2.05) is 0 Å². The fraction of sp³-hybridized carbons (Fsp3) is 0.788. The number of aliphatic hydroxyl groups excluding tert-OH is 2. The van der Waals surface area contributed by atoms with Crippen molar-refractivity contribution in [3.63, 3.8) is 0 Å². The number of methoxy groups -OCH3 is 1. The molecule has 4 heterocycles. The van der Waals surface area contributed by atoms with Gasteiger partial charge in [-0.3, -0.25) is 9.59 Å². The van der Waals surface area contributed by atoms with Crippen molar-refractivity contribution in [3.8, 4) is 0 Å².